The van der Waals surface area contributed by atoms with Crippen molar-refractivity contribution < 1.29 is 13.7 Å². The Morgan fingerprint density at radius 3 is 2.91 bits per heavy atom. The first kappa shape index (κ1) is 14.6. The normalized spacial score (nSPS) is 21.2. The van der Waals surface area contributed by atoms with Gasteiger partial charge in [-0.05, 0) is 30.5 Å². The van der Waals surface area contributed by atoms with Crippen LogP contribution in [0.2, 0.25) is 5.02 Å². The molecule has 2 fully saturated rings. The summed E-state index contributed by atoms with van der Waals surface area (Å²) in [7, 11) is 0. The predicted molar refractivity (Wildman–Crippen MR) is 80.5 cm³/mol. The van der Waals surface area contributed by atoms with Crippen molar-refractivity contribution >= 4 is 17.5 Å². The van der Waals surface area contributed by atoms with E-state index in [1.807, 2.05) is 0 Å². The molecule has 1 aromatic heterocycles. The Kier molecular flexibility index (Phi) is 3.56. The first-order valence-electron chi connectivity index (χ1n) is 7.65. The lowest BCUT2D eigenvalue weighted by atomic mass is 10.1. The number of benzene rings is 1. The van der Waals surface area contributed by atoms with Crippen molar-refractivity contribution in [2.75, 3.05) is 6.54 Å². The van der Waals surface area contributed by atoms with Crippen molar-refractivity contribution in [3.05, 3.63) is 46.3 Å². The Labute approximate surface area is 137 Å². The largest absolute Gasteiger partial charge is 0.339 e. The van der Waals surface area contributed by atoms with Crippen molar-refractivity contribution in [2.45, 2.75) is 37.6 Å². The molecular weight excluding hydrogens is 321 g/mol. The second-order valence-corrected chi connectivity index (χ2v) is 6.60. The molecule has 23 heavy (non-hydrogen) atoms. The van der Waals surface area contributed by atoms with Crippen LogP contribution in [0.4, 0.5) is 4.39 Å². The van der Waals surface area contributed by atoms with Gasteiger partial charge in [-0.25, -0.2) is 4.39 Å². The maximum absolute atomic E-state index is 13.2. The maximum Gasteiger partial charge on any atom is 0.232 e. The molecule has 1 aliphatic carbocycles. The van der Waals surface area contributed by atoms with Crippen molar-refractivity contribution in [3.63, 3.8) is 0 Å². The third-order valence-electron chi connectivity index (χ3n) is 4.32. The minimum Gasteiger partial charge on any atom is -0.339 e. The zero-order chi connectivity index (χ0) is 16.0. The molecule has 1 aromatic carbocycles. The molecule has 2 heterocycles. The van der Waals surface area contributed by atoms with E-state index in [0.717, 1.165) is 24.2 Å². The number of rotatable bonds is 4. The van der Waals surface area contributed by atoms with Gasteiger partial charge in [0.25, 0.3) is 0 Å². The lowest BCUT2D eigenvalue weighted by Gasteiger charge is -2.16. The smallest absolute Gasteiger partial charge is 0.232 e. The summed E-state index contributed by atoms with van der Waals surface area (Å²) < 4.78 is 18.5. The minimum atomic E-state index is -0.459. The Morgan fingerprint density at radius 1 is 1.35 bits per heavy atom. The molecule has 1 amide bonds. The molecule has 4 rings (SSSR count). The van der Waals surface area contributed by atoms with E-state index in [4.69, 9.17) is 16.1 Å². The first-order valence-corrected chi connectivity index (χ1v) is 8.03. The van der Waals surface area contributed by atoms with Gasteiger partial charge in [-0.3, -0.25) is 4.79 Å². The number of likely N-dealkylation sites (tertiary alicyclic amines) is 1. The molecule has 0 spiro atoms. The fourth-order valence-electron chi connectivity index (χ4n) is 2.87. The summed E-state index contributed by atoms with van der Waals surface area (Å²) >= 11 is 5.79. The summed E-state index contributed by atoms with van der Waals surface area (Å²) in [4.78, 5) is 18.3. The van der Waals surface area contributed by atoms with Crippen LogP contribution < -0.4 is 0 Å². The highest BCUT2D eigenvalue weighted by Crippen LogP contribution is 2.39. The quantitative estimate of drug-likeness (QED) is 0.860. The van der Waals surface area contributed by atoms with Gasteiger partial charge < -0.3 is 9.42 Å². The Hall–Kier alpha value is -1.95. The van der Waals surface area contributed by atoms with Gasteiger partial charge in [0, 0.05) is 25.4 Å². The van der Waals surface area contributed by atoms with E-state index in [9.17, 15) is 9.18 Å². The number of nitrogens with zero attached hydrogens (tertiary/aromatic N) is 3. The lowest BCUT2D eigenvalue weighted by Crippen LogP contribution is -2.24. The number of aromatic nitrogens is 2. The van der Waals surface area contributed by atoms with Crippen molar-refractivity contribution in [1.82, 2.24) is 15.0 Å². The molecule has 0 radical (unpaired) electrons. The van der Waals surface area contributed by atoms with Crippen LogP contribution in [0, 0.1) is 5.82 Å². The molecule has 2 aromatic rings. The molecule has 0 N–H and O–H groups in total. The van der Waals surface area contributed by atoms with E-state index in [1.165, 1.54) is 6.07 Å². The SMILES string of the molecule is O=C1CC(c2nc(C3CC3)no2)CN1Cc1ccc(F)c(Cl)c1. The molecule has 1 saturated heterocycles. The average Bonchev–Trinajstić information content (AvgIpc) is 3.15. The lowest BCUT2D eigenvalue weighted by molar-refractivity contribution is -0.128. The first-order chi connectivity index (χ1) is 11.1. The van der Waals surface area contributed by atoms with Crippen LogP contribution in [0.1, 0.15) is 48.4 Å². The molecule has 1 unspecified atom stereocenters. The number of halogens is 2. The van der Waals surface area contributed by atoms with Gasteiger partial charge in [0.15, 0.2) is 5.82 Å². The molecule has 7 heteroatoms. The monoisotopic (exact) mass is 335 g/mol. The van der Waals surface area contributed by atoms with E-state index in [2.05, 4.69) is 10.1 Å². The third kappa shape index (κ3) is 2.95. The van der Waals surface area contributed by atoms with Crippen molar-refractivity contribution in [2.24, 2.45) is 0 Å². The Bertz CT molecular complexity index is 760. The van der Waals surface area contributed by atoms with Gasteiger partial charge >= 0.3 is 0 Å². The second-order valence-electron chi connectivity index (χ2n) is 6.19. The van der Waals surface area contributed by atoms with E-state index in [-0.39, 0.29) is 16.8 Å². The molecule has 2 aliphatic rings. The minimum absolute atomic E-state index is 0.0293. The highest BCUT2D eigenvalue weighted by Gasteiger charge is 2.36. The van der Waals surface area contributed by atoms with E-state index in [0.29, 0.717) is 31.3 Å². The van der Waals surface area contributed by atoms with Crippen molar-refractivity contribution in [1.29, 1.82) is 0 Å². The molecule has 120 valence electrons. The number of carbonyl (C=O) groups excluding carboxylic acids is 1. The van der Waals surface area contributed by atoms with E-state index >= 15 is 0 Å². The zero-order valence-corrected chi connectivity index (χ0v) is 13.1. The number of amides is 1. The molecule has 0 bridgehead atoms. The summed E-state index contributed by atoms with van der Waals surface area (Å²) in [6.07, 6.45) is 2.58. The van der Waals surface area contributed by atoms with Gasteiger partial charge in [-0.1, -0.05) is 22.8 Å². The fourth-order valence-corrected chi connectivity index (χ4v) is 3.07. The Balaban J connectivity index is 1.45. The maximum atomic E-state index is 13.2. The summed E-state index contributed by atoms with van der Waals surface area (Å²) in [5, 5.41) is 4.07. The van der Waals surface area contributed by atoms with Crippen LogP contribution in [0.25, 0.3) is 0 Å². The van der Waals surface area contributed by atoms with Gasteiger partial charge in [-0.15, -0.1) is 0 Å². The summed E-state index contributed by atoms with van der Waals surface area (Å²) in [6, 6.07) is 4.50. The van der Waals surface area contributed by atoms with Crippen LogP contribution in [0.5, 0.6) is 0 Å². The second kappa shape index (κ2) is 5.60. The third-order valence-corrected chi connectivity index (χ3v) is 4.61. The number of carbonyl (C=O) groups is 1. The predicted octanol–water partition coefficient (Wildman–Crippen LogP) is 3.26. The molecule has 1 saturated carbocycles. The van der Waals surface area contributed by atoms with E-state index in [1.54, 1.807) is 17.0 Å². The fraction of sp³-hybridized carbons (Fsp3) is 0.438. The van der Waals surface area contributed by atoms with E-state index < -0.39 is 5.82 Å². The van der Waals surface area contributed by atoms with Gasteiger partial charge in [0.2, 0.25) is 11.8 Å². The highest BCUT2D eigenvalue weighted by molar-refractivity contribution is 6.30. The van der Waals surface area contributed by atoms with Crippen LogP contribution in [-0.2, 0) is 11.3 Å². The molecule has 1 atom stereocenters. The zero-order valence-electron chi connectivity index (χ0n) is 12.3. The summed E-state index contributed by atoms with van der Waals surface area (Å²) in [5.41, 5.74) is 0.801. The topological polar surface area (TPSA) is 59.2 Å². The van der Waals surface area contributed by atoms with Crippen LogP contribution in [0.3, 0.4) is 0 Å². The van der Waals surface area contributed by atoms with Crippen LogP contribution in [0.15, 0.2) is 22.7 Å². The van der Waals surface area contributed by atoms with Gasteiger partial charge in [0.1, 0.15) is 5.82 Å². The van der Waals surface area contributed by atoms with Crippen LogP contribution >= 0.6 is 11.6 Å². The Morgan fingerprint density at radius 2 is 2.17 bits per heavy atom. The number of hydrogen-bond acceptors (Lipinski definition) is 4. The van der Waals surface area contributed by atoms with Gasteiger partial charge in [-0.2, -0.15) is 4.98 Å². The average molecular weight is 336 g/mol. The highest BCUT2D eigenvalue weighted by atomic mass is 35.5. The van der Waals surface area contributed by atoms with Crippen LogP contribution in [-0.4, -0.2) is 27.5 Å². The van der Waals surface area contributed by atoms with Crippen molar-refractivity contribution in [3.8, 4) is 0 Å². The summed E-state index contributed by atoms with van der Waals surface area (Å²) in [6.45, 7) is 0.930. The van der Waals surface area contributed by atoms with Gasteiger partial charge in [0.05, 0.1) is 10.9 Å². The summed E-state index contributed by atoms with van der Waals surface area (Å²) in [5.74, 6) is 1.23. The number of hydrogen-bond donors (Lipinski definition) is 0. The molecule has 5 nitrogen and oxygen atoms in total. The molecular formula is C16H15ClFN3O2. The standard InChI is InChI=1S/C16H15ClFN3O2/c17-12-5-9(1-4-13(12)18)7-21-8-11(6-14(21)22)16-19-15(20-23-16)10-2-3-10/h1,4-5,10-11H,2-3,6-8H2. The molecule has 1 aliphatic heterocycles.